The van der Waals surface area contributed by atoms with Crippen LogP contribution in [-0.2, 0) is 6.54 Å². The standard InChI is InChI=1S/C16H18ClFN2/c1-11-8-13(18)5-4-12(11)10-19-14-6-7-16(20(2)3)15(17)9-14/h4-9,19H,10H2,1-3H3. The number of halogens is 2. The molecule has 0 spiro atoms. The Labute approximate surface area is 124 Å². The molecule has 0 saturated heterocycles. The van der Waals surface area contributed by atoms with E-state index in [1.165, 1.54) is 6.07 Å². The van der Waals surface area contributed by atoms with Crippen LogP contribution >= 0.6 is 11.6 Å². The molecule has 0 bridgehead atoms. The summed E-state index contributed by atoms with van der Waals surface area (Å²) >= 11 is 6.23. The summed E-state index contributed by atoms with van der Waals surface area (Å²) in [7, 11) is 3.91. The van der Waals surface area contributed by atoms with Crippen molar-refractivity contribution in [3.05, 3.63) is 58.4 Å². The number of hydrogen-bond donors (Lipinski definition) is 1. The Morgan fingerprint density at radius 1 is 1.15 bits per heavy atom. The van der Waals surface area contributed by atoms with Gasteiger partial charge in [-0.3, -0.25) is 0 Å². The van der Waals surface area contributed by atoms with Gasteiger partial charge in [0.05, 0.1) is 10.7 Å². The number of anilines is 2. The lowest BCUT2D eigenvalue weighted by Crippen LogP contribution is -2.09. The normalized spacial score (nSPS) is 10.4. The summed E-state index contributed by atoms with van der Waals surface area (Å²) in [6.07, 6.45) is 0. The maximum atomic E-state index is 13.0. The fraction of sp³-hybridized carbons (Fsp3) is 0.250. The third-order valence-electron chi connectivity index (χ3n) is 3.22. The molecule has 0 unspecified atom stereocenters. The van der Waals surface area contributed by atoms with Gasteiger partial charge in [-0.15, -0.1) is 0 Å². The number of rotatable bonds is 4. The monoisotopic (exact) mass is 292 g/mol. The van der Waals surface area contributed by atoms with E-state index in [1.54, 1.807) is 12.1 Å². The first-order valence-electron chi connectivity index (χ1n) is 6.43. The molecule has 2 nitrogen and oxygen atoms in total. The van der Waals surface area contributed by atoms with Crippen molar-refractivity contribution in [1.82, 2.24) is 0 Å². The molecule has 1 N–H and O–H groups in total. The lowest BCUT2D eigenvalue weighted by atomic mass is 10.1. The van der Waals surface area contributed by atoms with Crippen molar-refractivity contribution in [2.24, 2.45) is 0 Å². The minimum absolute atomic E-state index is 0.204. The van der Waals surface area contributed by atoms with Crippen LogP contribution in [0.3, 0.4) is 0 Å². The smallest absolute Gasteiger partial charge is 0.123 e. The van der Waals surface area contributed by atoms with Gasteiger partial charge in [0.1, 0.15) is 5.82 Å². The van der Waals surface area contributed by atoms with Gasteiger partial charge in [0.2, 0.25) is 0 Å². The van der Waals surface area contributed by atoms with Crippen LogP contribution in [0.1, 0.15) is 11.1 Å². The number of benzene rings is 2. The average Bonchev–Trinajstić information content (AvgIpc) is 2.37. The fourth-order valence-corrected chi connectivity index (χ4v) is 2.38. The third-order valence-corrected chi connectivity index (χ3v) is 3.52. The molecule has 2 rings (SSSR count). The van der Waals surface area contributed by atoms with E-state index < -0.39 is 0 Å². The Morgan fingerprint density at radius 2 is 1.90 bits per heavy atom. The zero-order chi connectivity index (χ0) is 14.7. The molecule has 4 heteroatoms. The number of aryl methyl sites for hydroxylation is 1. The summed E-state index contributed by atoms with van der Waals surface area (Å²) in [5, 5.41) is 4.01. The summed E-state index contributed by atoms with van der Waals surface area (Å²) in [6, 6.07) is 10.7. The van der Waals surface area contributed by atoms with Gasteiger partial charge in [0.25, 0.3) is 0 Å². The van der Waals surface area contributed by atoms with Crippen molar-refractivity contribution < 1.29 is 4.39 Å². The van der Waals surface area contributed by atoms with Crippen LogP contribution in [-0.4, -0.2) is 14.1 Å². The Hall–Kier alpha value is -1.74. The quantitative estimate of drug-likeness (QED) is 0.894. The van der Waals surface area contributed by atoms with Gasteiger partial charge in [-0.25, -0.2) is 4.39 Å². The minimum atomic E-state index is -0.204. The molecular weight excluding hydrogens is 275 g/mol. The molecule has 0 aromatic heterocycles. The Balaban J connectivity index is 2.09. The third kappa shape index (κ3) is 3.42. The summed E-state index contributed by atoms with van der Waals surface area (Å²) in [5.41, 5.74) is 3.94. The van der Waals surface area contributed by atoms with Gasteiger partial charge in [-0.1, -0.05) is 17.7 Å². The summed E-state index contributed by atoms with van der Waals surface area (Å²) in [5.74, 6) is -0.204. The van der Waals surface area contributed by atoms with Crippen LogP contribution in [0.2, 0.25) is 5.02 Å². The van der Waals surface area contributed by atoms with Gasteiger partial charge in [-0.05, 0) is 48.4 Å². The molecular formula is C16H18ClFN2. The maximum Gasteiger partial charge on any atom is 0.123 e. The van der Waals surface area contributed by atoms with Gasteiger partial charge < -0.3 is 10.2 Å². The molecule has 106 valence electrons. The Kier molecular flexibility index (Phi) is 4.50. The predicted octanol–water partition coefficient (Wildman–Crippen LogP) is 4.47. The molecule has 2 aromatic carbocycles. The van der Waals surface area contributed by atoms with Gasteiger partial charge >= 0.3 is 0 Å². The molecule has 0 saturated carbocycles. The largest absolute Gasteiger partial charge is 0.381 e. The zero-order valence-electron chi connectivity index (χ0n) is 11.9. The summed E-state index contributed by atoms with van der Waals surface area (Å²) in [6.45, 7) is 2.55. The van der Waals surface area contributed by atoms with Gasteiger partial charge in [0.15, 0.2) is 0 Å². The highest BCUT2D eigenvalue weighted by Gasteiger charge is 2.04. The highest BCUT2D eigenvalue weighted by atomic mass is 35.5. The van der Waals surface area contributed by atoms with E-state index in [2.05, 4.69) is 5.32 Å². The average molecular weight is 293 g/mol. The first kappa shape index (κ1) is 14.7. The van der Waals surface area contributed by atoms with Crippen molar-refractivity contribution in [3.63, 3.8) is 0 Å². The molecule has 0 heterocycles. The molecule has 0 atom stereocenters. The predicted molar refractivity (Wildman–Crippen MR) is 84.2 cm³/mol. The Morgan fingerprint density at radius 3 is 2.50 bits per heavy atom. The molecule has 0 radical (unpaired) electrons. The van der Waals surface area contributed by atoms with Crippen LogP contribution in [0.15, 0.2) is 36.4 Å². The fourth-order valence-electron chi connectivity index (χ4n) is 2.03. The van der Waals surface area contributed by atoms with Gasteiger partial charge in [0, 0.05) is 26.3 Å². The second kappa shape index (κ2) is 6.14. The Bertz CT molecular complexity index is 611. The topological polar surface area (TPSA) is 15.3 Å². The van der Waals surface area contributed by atoms with E-state index in [0.717, 1.165) is 22.5 Å². The van der Waals surface area contributed by atoms with Crippen LogP contribution in [0.25, 0.3) is 0 Å². The van der Waals surface area contributed by atoms with E-state index >= 15 is 0 Å². The van der Waals surface area contributed by atoms with E-state index in [0.29, 0.717) is 11.6 Å². The molecule has 0 aliphatic carbocycles. The van der Waals surface area contributed by atoms with Crippen LogP contribution in [0, 0.1) is 12.7 Å². The highest BCUT2D eigenvalue weighted by molar-refractivity contribution is 6.33. The first-order chi connectivity index (χ1) is 9.47. The molecule has 20 heavy (non-hydrogen) atoms. The minimum Gasteiger partial charge on any atom is -0.381 e. The number of nitrogens with one attached hydrogen (secondary N) is 1. The molecule has 0 fully saturated rings. The molecule has 0 aliphatic rings. The zero-order valence-corrected chi connectivity index (χ0v) is 12.6. The maximum absolute atomic E-state index is 13.0. The van der Waals surface area contributed by atoms with Gasteiger partial charge in [-0.2, -0.15) is 0 Å². The molecule has 2 aromatic rings. The van der Waals surface area contributed by atoms with Crippen molar-refractivity contribution in [1.29, 1.82) is 0 Å². The molecule has 0 amide bonds. The van der Waals surface area contributed by atoms with E-state index in [9.17, 15) is 4.39 Å². The van der Waals surface area contributed by atoms with E-state index in [4.69, 9.17) is 11.6 Å². The number of hydrogen-bond acceptors (Lipinski definition) is 2. The lowest BCUT2D eigenvalue weighted by molar-refractivity contribution is 0.625. The lowest BCUT2D eigenvalue weighted by Gasteiger charge is -2.16. The highest BCUT2D eigenvalue weighted by Crippen LogP contribution is 2.27. The van der Waals surface area contributed by atoms with Crippen LogP contribution in [0.4, 0.5) is 15.8 Å². The van der Waals surface area contributed by atoms with Crippen LogP contribution in [0.5, 0.6) is 0 Å². The number of nitrogens with zero attached hydrogens (tertiary/aromatic N) is 1. The second-order valence-corrected chi connectivity index (χ2v) is 5.39. The van der Waals surface area contributed by atoms with Crippen molar-refractivity contribution in [2.75, 3.05) is 24.3 Å². The molecule has 0 aliphatic heterocycles. The second-order valence-electron chi connectivity index (χ2n) is 4.98. The first-order valence-corrected chi connectivity index (χ1v) is 6.81. The van der Waals surface area contributed by atoms with Crippen LogP contribution < -0.4 is 10.2 Å². The summed E-state index contributed by atoms with van der Waals surface area (Å²) in [4.78, 5) is 1.97. The van der Waals surface area contributed by atoms with Crippen molar-refractivity contribution in [2.45, 2.75) is 13.5 Å². The SMILES string of the molecule is Cc1cc(F)ccc1CNc1ccc(N(C)C)c(Cl)c1. The summed E-state index contributed by atoms with van der Waals surface area (Å²) < 4.78 is 13.0. The van der Waals surface area contributed by atoms with E-state index in [-0.39, 0.29) is 5.82 Å². The van der Waals surface area contributed by atoms with Crippen molar-refractivity contribution in [3.8, 4) is 0 Å². The van der Waals surface area contributed by atoms with Crippen molar-refractivity contribution >= 4 is 23.0 Å². The van der Waals surface area contributed by atoms with E-state index in [1.807, 2.05) is 44.1 Å².